The summed E-state index contributed by atoms with van der Waals surface area (Å²) in [5.41, 5.74) is 1.18. The molecule has 0 aliphatic carbocycles. The van der Waals surface area contributed by atoms with Gasteiger partial charge in [-0.3, -0.25) is 0 Å². The second kappa shape index (κ2) is 4.27. The van der Waals surface area contributed by atoms with Gasteiger partial charge in [0.25, 0.3) is 6.43 Å². The van der Waals surface area contributed by atoms with Gasteiger partial charge in [-0.25, -0.2) is 13.8 Å². The van der Waals surface area contributed by atoms with Crippen LogP contribution in [0.1, 0.15) is 18.7 Å². The van der Waals surface area contributed by atoms with Crippen molar-refractivity contribution in [3.05, 3.63) is 30.1 Å². The summed E-state index contributed by atoms with van der Waals surface area (Å²) in [7, 11) is 0. The largest absolute Gasteiger partial charge is 0.322 e. The molecule has 0 bridgehead atoms. The predicted octanol–water partition coefficient (Wildman–Crippen LogP) is 2.89. The normalized spacial score (nSPS) is 10.9. The second-order valence-electron chi connectivity index (χ2n) is 3.32. The molecule has 3 nitrogen and oxygen atoms in total. The minimum Gasteiger partial charge on any atom is -0.322 e. The van der Waals surface area contributed by atoms with Crippen LogP contribution in [-0.2, 0) is 6.54 Å². The van der Waals surface area contributed by atoms with E-state index in [1.807, 2.05) is 6.07 Å². The summed E-state index contributed by atoms with van der Waals surface area (Å²) < 4.78 is 26.9. The summed E-state index contributed by atoms with van der Waals surface area (Å²) in [4.78, 5) is 3.87. The summed E-state index contributed by atoms with van der Waals surface area (Å²) in [6, 6.07) is 8.87. The number of hydrogen-bond donors (Lipinski definition) is 0. The first-order valence-corrected chi connectivity index (χ1v) is 4.84. The number of fused-ring (bicyclic) bond motifs is 1. The molecule has 0 amide bonds. The van der Waals surface area contributed by atoms with Crippen molar-refractivity contribution in [2.24, 2.45) is 0 Å². The molecule has 0 atom stereocenters. The van der Waals surface area contributed by atoms with Gasteiger partial charge in [0.2, 0.25) is 0 Å². The highest BCUT2D eigenvalue weighted by Crippen LogP contribution is 2.24. The van der Waals surface area contributed by atoms with E-state index >= 15 is 0 Å². The van der Waals surface area contributed by atoms with E-state index in [0.717, 1.165) is 0 Å². The van der Waals surface area contributed by atoms with Gasteiger partial charge in [0.1, 0.15) is 0 Å². The van der Waals surface area contributed by atoms with Gasteiger partial charge >= 0.3 is 0 Å². The summed E-state index contributed by atoms with van der Waals surface area (Å²) in [5, 5.41) is 8.50. The van der Waals surface area contributed by atoms with Gasteiger partial charge < -0.3 is 4.57 Å². The van der Waals surface area contributed by atoms with E-state index in [9.17, 15) is 8.78 Å². The van der Waals surface area contributed by atoms with Crippen LogP contribution in [0, 0.1) is 11.3 Å². The Labute approximate surface area is 90.9 Å². The first kappa shape index (κ1) is 10.6. The third kappa shape index (κ3) is 1.74. The molecule has 1 aromatic heterocycles. The molecule has 0 aliphatic rings. The third-order valence-electron chi connectivity index (χ3n) is 2.33. The number of nitriles is 1. The first-order chi connectivity index (χ1) is 7.74. The van der Waals surface area contributed by atoms with E-state index in [-0.39, 0.29) is 18.8 Å². The Morgan fingerprint density at radius 2 is 2.12 bits per heavy atom. The molecule has 5 heteroatoms. The smallest absolute Gasteiger partial charge is 0.295 e. The van der Waals surface area contributed by atoms with Crippen molar-refractivity contribution in [1.29, 1.82) is 5.26 Å². The van der Waals surface area contributed by atoms with Crippen LogP contribution >= 0.6 is 0 Å². The highest BCUT2D eigenvalue weighted by atomic mass is 19.3. The van der Waals surface area contributed by atoms with Crippen LogP contribution in [0.4, 0.5) is 8.78 Å². The van der Waals surface area contributed by atoms with Crippen molar-refractivity contribution in [2.75, 3.05) is 0 Å². The molecule has 82 valence electrons. The predicted molar refractivity (Wildman–Crippen MR) is 54.9 cm³/mol. The topological polar surface area (TPSA) is 41.6 Å². The van der Waals surface area contributed by atoms with Crippen molar-refractivity contribution in [2.45, 2.75) is 19.4 Å². The van der Waals surface area contributed by atoms with Gasteiger partial charge in [0.05, 0.1) is 23.5 Å². The number of para-hydroxylation sites is 2. The molecular formula is C11H9F2N3. The monoisotopic (exact) mass is 221 g/mol. The van der Waals surface area contributed by atoms with Gasteiger partial charge in [-0.1, -0.05) is 12.1 Å². The number of aryl methyl sites for hydroxylation is 1. The van der Waals surface area contributed by atoms with E-state index in [1.54, 1.807) is 24.3 Å². The quantitative estimate of drug-likeness (QED) is 0.799. The Balaban J connectivity index is 2.56. The van der Waals surface area contributed by atoms with Crippen molar-refractivity contribution < 1.29 is 8.78 Å². The number of halogens is 2. The number of alkyl halides is 2. The molecule has 0 fully saturated rings. The second-order valence-corrected chi connectivity index (χ2v) is 3.32. The molecule has 0 unspecified atom stereocenters. The maximum atomic E-state index is 12.7. The molecule has 1 heterocycles. The van der Waals surface area contributed by atoms with Crippen molar-refractivity contribution in [3.8, 4) is 6.07 Å². The van der Waals surface area contributed by atoms with E-state index in [1.165, 1.54) is 4.57 Å². The number of imidazole rings is 1. The number of aromatic nitrogens is 2. The molecule has 0 N–H and O–H groups in total. The average molecular weight is 221 g/mol. The fraction of sp³-hybridized carbons (Fsp3) is 0.273. The number of benzene rings is 1. The van der Waals surface area contributed by atoms with E-state index in [4.69, 9.17) is 5.26 Å². The minimum atomic E-state index is -2.62. The van der Waals surface area contributed by atoms with Crippen molar-refractivity contribution in [3.63, 3.8) is 0 Å². The maximum Gasteiger partial charge on any atom is 0.295 e. The molecule has 1 aromatic carbocycles. The molecule has 2 aromatic rings. The van der Waals surface area contributed by atoms with E-state index in [2.05, 4.69) is 4.98 Å². The lowest BCUT2D eigenvalue weighted by Gasteiger charge is -2.05. The van der Waals surface area contributed by atoms with E-state index in [0.29, 0.717) is 11.0 Å². The zero-order chi connectivity index (χ0) is 11.5. The highest BCUT2D eigenvalue weighted by Gasteiger charge is 2.17. The molecule has 0 radical (unpaired) electrons. The first-order valence-electron chi connectivity index (χ1n) is 4.84. The summed E-state index contributed by atoms with van der Waals surface area (Å²) in [5.74, 6) is -0.267. The zero-order valence-electron chi connectivity index (χ0n) is 8.40. The summed E-state index contributed by atoms with van der Waals surface area (Å²) >= 11 is 0. The molecular weight excluding hydrogens is 212 g/mol. The molecule has 0 saturated carbocycles. The Kier molecular flexibility index (Phi) is 2.82. The van der Waals surface area contributed by atoms with Crippen molar-refractivity contribution in [1.82, 2.24) is 9.55 Å². The number of hydrogen-bond acceptors (Lipinski definition) is 2. The van der Waals surface area contributed by atoms with Crippen LogP contribution in [0.3, 0.4) is 0 Å². The Hall–Kier alpha value is -1.96. The minimum absolute atomic E-state index is 0.195. The van der Waals surface area contributed by atoms with Crippen LogP contribution in [0.25, 0.3) is 11.0 Å². The SMILES string of the molecule is N#CCCn1c(C(F)F)nc2ccccc21. The highest BCUT2D eigenvalue weighted by molar-refractivity contribution is 5.75. The van der Waals surface area contributed by atoms with Gasteiger partial charge in [0, 0.05) is 6.54 Å². The number of nitrogens with zero attached hydrogens (tertiary/aromatic N) is 3. The number of rotatable bonds is 3. The lowest BCUT2D eigenvalue weighted by Crippen LogP contribution is -2.03. The Morgan fingerprint density at radius 3 is 2.81 bits per heavy atom. The fourth-order valence-corrected chi connectivity index (χ4v) is 1.66. The van der Waals surface area contributed by atoms with Gasteiger partial charge in [-0.15, -0.1) is 0 Å². The fourth-order valence-electron chi connectivity index (χ4n) is 1.66. The maximum absolute atomic E-state index is 12.7. The standard InChI is InChI=1S/C11H9F2N3/c12-10(13)11-15-8-4-1-2-5-9(8)16(11)7-3-6-14/h1-2,4-5,10H,3,7H2. The van der Waals surface area contributed by atoms with E-state index < -0.39 is 6.43 Å². The lowest BCUT2D eigenvalue weighted by molar-refractivity contribution is 0.136. The average Bonchev–Trinajstić information content (AvgIpc) is 2.65. The molecule has 2 rings (SSSR count). The van der Waals surface area contributed by atoms with Crippen LogP contribution in [-0.4, -0.2) is 9.55 Å². The Morgan fingerprint density at radius 1 is 1.38 bits per heavy atom. The molecule has 0 aliphatic heterocycles. The van der Waals surface area contributed by atoms with Crippen LogP contribution < -0.4 is 0 Å². The van der Waals surface area contributed by atoms with Gasteiger partial charge in [0.15, 0.2) is 5.82 Å². The summed E-state index contributed by atoms with van der Waals surface area (Å²) in [6.07, 6.45) is -2.42. The lowest BCUT2D eigenvalue weighted by atomic mass is 10.3. The Bertz CT molecular complexity index is 540. The van der Waals surface area contributed by atoms with Crippen LogP contribution in [0.2, 0.25) is 0 Å². The zero-order valence-corrected chi connectivity index (χ0v) is 8.40. The van der Waals surface area contributed by atoms with Gasteiger partial charge in [-0.05, 0) is 12.1 Å². The van der Waals surface area contributed by atoms with Crippen LogP contribution in [0.15, 0.2) is 24.3 Å². The molecule has 16 heavy (non-hydrogen) atoms. The van der Waals surface area contributed by atoms with Crippen LogP contribution in [0.5, 0.6) is 0 Å². The van der Waals surface area contributed by atoms with Gasteiger partial charge in [-0.2, -0.15) is 5.26 Å². The third-order valence-corrected chi connectivity index (χ3v) is 2.33. The summed E-state index contributed by atoms with van der Waals surface area (Å²) in [6.45, 7) is 0.247. The molecule has 0 saturated heterocycles. The van der Waals surface area contributed by atoms with Crippen molar-refractivity contribution >= 4 is 11.0 Å². The molecule has 0 spiro atoms.